The summed E-state index contributed by atoms with van der Waals surface area (Å²) in [5.74, 6) is 0.0300. The van der Waals surface area contributed by atoms with E-state index in [-0.39, 0.29) is 11.9 Å². The summed E-state index contributed by atoms with van der Waals surface area (Å²) in [4.78, 5) is 14.7. The predicted molar refractivity (Wildman–Crippen MR) is 88.0 cm³/mol. The highest BCUT2D eigenvalue weighted by Gasteiger charge is 2.24. The molecule has 0 saturated carbocycles. The van der Waals surface area contributed by atoms with Gasteiger partial charge in [-0.1, -0.05) is 24.1 Å². The molecule has 1 aromatic rings. The van der Waals surface area contributed by atoms with Gasteiger partial charge in [-0.2, -0.15) is 0 Å². The van der Waals surface area contributed by atoms with Gasteiger partial charge in [-0.3, -0.25) is 4.79 Å². The zero-order valence-electron chi connectivity index (χ0n) is 13.2. The molecule has 1 heterocycles. The van der Waals surface area contributed by atoms with Gasteiger partial charge in [-0.25, -0.2) is 0 Å². The van der Waals surface area contributed by atoms with E-state index in [1.165, 1.54) is 12.8 Å². The van der Waals surface area contributed by atoms with E-state index in [2.05, 4.69) is 19.2 Å². The molecule has 1 aliphatic heterocycles. The fraction of sp³-hybridized carbons (Fsp3) is 0.588. The molecule has 1 fully saturated rings. The average Bonchev–Trinajstić information content (AvgIpc) is 2.45. The Kier molecular flexibility index (Phi) is 5.65. The third kappa shape index (κ3) is 4.21. The average molecular weight is 309 g/mol. The van der Waals surface area contributed by atoms with Gasteiger partial charge < -0.3 is 10.2 Å². The van der Waals surface area contributed by atoms with E-state index in [4.69, 9.17) is 11.6 Å². The topological polar surface area (TPSA) is 32.3 Å². The number of carbonyl (C=O) groups is 1. The minimum atomic E-state index is 0.0300. The molecule has 1 unspecified atom stereocenters. The summed E-state index contributed by atoms with van der Waals surface area (Å²) in [5, 5.41) is 4.05. The Morgan fingerprint density at radius 1 is 1.43 bits per heavy atom. The number of rotatable bonds is 4. The molecule has 1 N–H and O–H groups in total. The van der Waals surface area contributed by atoms with Crippen LogP contribution in [0, 0.1) is 6.92 Å². The smallest absolute Gasteiger partial charge is 0.255 e. The van der Waals surface area contributed by atoms with Crippen molar-refractivity contribution in [2.75, 3.05) is 13.1 Å². The number of piperidine rings is 1. The maximum atomic E-state index is 12.8. The van der Waals surface area contributed by atoms with Crippen LogP contribution in [0.1, 0.15) is 49.0 Å². The molecular formula is C17H25ClN2O. The number of halogens is 1. The first-order chi connectivity index (χ1) is 9.99. The number of carbonyl (C=O) groups excluding carboxylic acids is 1. The lowest BCUT2D eigenvalue weighted by atomic mass is 10.0. The second-order valence-electron chi connectivity index (χ2n) is 6.18. The molecule has 0 aliphatic carbocycles. The lowest BCUT2D eigenvalue weighted by molar-refractivity contribution is 0.0677. The van der Waals surface area contributed by atoms with E-state index in [1.807, 2.05) is 30.0 Å². The van der Waals surface area contributed by atoms with Crippen LogP contribution in [0.2, 0.25) is 5.02 Å². The van der Waals surface area contributed by atoms with E-state index in [9.17, 15) is 4.79 Å². The Morgan fingerprint density at radius 3 is 2.76 bits per heavy atom. The van der Waals surface area contributed by atoms with E-state index in [0.717, 1.165) is 25.1 Å². The normalized spacial score (nSPS) is 18.8. The maximum absolute atomic E-state index is 12.8. The first kappa shape index (κ1) is 16.3. The summed E-state index contributed by atoms with van der Waals surface area (Å²) in [6.07, 6.45) is 3.61. The number of benzene rings is 1. The van der Waals surface area contributed by atoms with Gasteiger partial charge in [0.2, 0.25) is 0 Å². The van der Waals surface area contributed by atoms with Gasteiger partial charge in [-0.05, 0) is 57.9 Å². The number of nitrogens with one attached hydrogen (secondary N) is 1. The predicted octanol–water partition coefficient (Wildman–Crippen LogP) is 3.64. The van der Waals surface area contributed by atoms with Gasteiger partial charge in [0.05, 0.1) is 10.6 Å². The molecule has 116 valence electrons. The molecule has 1 atom stereocenters. The minimum absolute atomic E-state index is 0.0300. The highest BCUT2D eigenvalue weighted by atomic mass is 35.5. The zero-order valence-corrected chi connectivity index (χ0v) is 13.9. The lowest BCUT2D eigenvalue weighted by Gasteiger charge is -2.33. The highest BCUT2D eigenvalue weighted by molar-refractivity contribution is 6.33. The molecule has 0 spiro atoms. The number of amides is 1. The van der Waals surface area contributed by atoms with Crippen molar-refractivity contribution in [3.63, 3.8) is 0 Å². The summed E-state index contributed by atoms with van der Waals surface area (Å²) in [6.45, 7) is 7.90. The second kappa shape index (κ2) is 7.28. The summed E-state index contributed by atoms with van der Waals surface area (Å²) in [5.41, 5.74) is 1.67. The van der Waals surface area contributed by atoms with Crippen LogP contribution in [0.4, 0.5) is 0 Å². The molecule has 1 aromatic carbocycles. The lowest BCUT2D eigenvalue weighted by Crippen LogP contribution is -2.48. The first-order valence-electron chi connectivity index (χ1n) is 7.79. The van der Waals surface area contributed by atoms with Crippen LogP contribution >= 0.6 is 11.6 Å². The third-order valence-corrected chi connectivity index (χ3v) is 4.38. The van der Waals surface area contributed by atoms with Crippen molar-refractivity contribution in [1.82, 2.24) is 10.2 Å². The van der Waals surface area contributed by atoms with Crippen LogP contribution < -0.4 is 5.32 Å². The van der Waals surface area contributed by atoms with Crippen molar-refractivity contribution < 1.29 is 4.79 Å². The molecule has 2 rings (SSSR count). The van der Waals surface area contributed by atoms with Gasteiger partial charge >= 0.3 is 0 Å². The van der Waals surface area contributed by atoms with Crippen LogP contribution in [0.3, 0.4) is 0 Å². The maximum Gasteiger partial charge on any atom is 0.255 e. The summed E-state index contributed by atoms with van der Waals surface area (Å²) >= 11 is 6.25. The molecular weight excluding hydrogens is 284 g/mol. The molecule has 3 nitrogen and oxygen atoms in total. The Hall–Kier alpha value is -1.06. The molecule has 0 bridgehead atoms. The van der Waals surface area contributed by atoms with Gasteiger partial charge in [0.25, 0.3) is 5.91 Å². The van der Waals surface area contributed by atoms with Crippen molar-refractivity contribution in [1.29, 1.82) is 0 Å². The number of nitrogens with zero attached hydrogens (tertiary/aromatic N) is 1. The van der Waals surface area contributed by atoms with Crippen LogP contribution in [0.5, 0.6) is 0 Å². The third-order valence-electron chi connectivity index (χ3n) is 4.07. The van der Waals surface area contributed by atoms with Crippen LogP contribution in [-0.2, 0) is 0 Å². The van der Waals surface area contributed by atoms with Gasteiger partial charge in [0, 0.05) is 18.6 Å². The van der Waals surface area contributed by atoms with Crippen molar-refractivity contribution in [3.05, 3.63) is 34.3 Å². The van der Waals surface area contributed by atoms with Crippen LogP contribution in [-0.4, -0.2) is 36.0 Å². The summed E-state index contributed by atoms with van der Waals surface area (Å²) in [6, 6.07) is 6.19. The number of hydrogen-bond acceptors (Lipinski definition) is 2. The fourth-order valence-corrected chi connectivity index (χ4v) is 3.11. The van der Waals surface area contributed by atoms with E-state index < -0.39 is 0 Å². The van der Waals surface area contributed by atoms with Gasteiger partial charge in [-0.15, -0.1) is 0 Å². The fourth-order valence-electron chi connectivity index (χ4n) is 2.79. The monoisotopic (exact) mass is 308 g/mol. The minimum Gasteiger partial charge on any atom is -0.335 e. The van der Waals surface area contributed by atoms with Crippen molar-refractivity contribution in [3.8, 4) is 0 Å². The molecule has 1 aliphatic rings. The second-order valence-corrected chi connectivity index (χ2v) is 6.59. The molecule has 1 saturated heterocycles. The van der Waals surface area contributed by atoms with Gasteiger partial charge in [0.15, 0.2) is 0 Å². The SMILES string of the molecule is Cc1ccc(C(=O)N(CC2CCCCN2)C(C)C)c(Cl)c1. The van der Waals surface area contributed by atoms with Crippen LogP contribution in [0.15, 0.2) is 18.2 Å². The molecule has 0 aromatic heterocycles. The highest BCUT2D eigenvalue weighted by Crippen LogP contribution is 2.21. The first-order valence-corrected chi connectivity index (χ1v) is 8.17. The van der Waals surface area contributed by atoms with Crippen molar-refractivity contribution >= 4 is 17.5 Å². The standard InChI is InChI=1S/C17H25ClN2O/c1-12(2)20(11-14-6-4-5-9-19-14)17(21)15-8-7-13(3)10-16(15)18/h7-8,10,12,14,19H,4-6,9,11H2,1-3H3. The molecule has 0 radical (unpaired) electrons. The number of aryl methyl sites for hydroxylation is 1. The Bertz CT molecular complexity index is 496. The van der Waals surface area contributed by atoms with E-state index >= 15 is 0 Å². The summed E-state index contributed by atoms with van der Waals surface area (Å²) < 4.78 is 0. The Labute approximate surface area is 132 Å². The molecule has 1 amide bonds. The quantitative estimate of drug-likeness (QED) is 0.921. The van der Waals surface area contributed by atoms with Crippen molar-refractivity contribution in [2.45, 2.75) is 52.1 Å². The Morgan fingerprint density at radius 2 is 2.19 bits per heavy atom. The van der Waals surface area contributed by atoms with Gasteiger partial charge in [0.1, 0.15) is 0 Å². The molecule has 21 heavy (non-hydrogen) atoms. The van der Waals surface area contributed by atoms with Crippen molar-refractivity contribution in [2.24, 2.45) is 0 Å². The van der Waals surface area contributed by atoms with Crippen LogP contribution in [0.25, 0.3) is 0 Å². The largest absolute Gasteiger partial charge is 0.335 e. The summed E-state index contributed by atoms with van der Waals surface area (Å²) in [7, 11) is 0. The van der Waals surface area contributed by atoms with E-state index in [0.29, 0.717) is 16.6 Å². The molecule has 4 heteroatoms. The zero-order chi connectivity index (χ0) is 15.4. The number of hydrogen-bond donors (Lipinski definition) is 1. The Balaban J connectivity index is 2.14. The van der Waals surface area contributed by atoms with E-state index in [1.54, 1.807) is 0 Å².